The number of ether oxygens (including phenoxy) is 1. The topological polar surface area (TPSA) is 92.2 Å². The number of nitriles is 1. The summed E-state index contributed by atoms with van der Waals surface area (Å²) in [6.07, 6.45) is 3.33. The van der Waals surface area contributed by atoms with Crippen molar-refractivity contribution in [2.75, 3.05) is 0 Å². The van der Waals surface area contributed by atoms with Crippen molar-refractivity contribution in [2.24, 2.45) is 5.73 Å². The lowest BCUT2D eigenvalue weighted by Gasteiger charge is -2.26. The average Bonchev–Trinajstić information content (AvgIpc) is 2.47. The van der Waals surface area contributed by atoms with Gasteiger partial charge in [-0.2, -0.15) is 5.26 Å². The highest BCUT2D eigenvalue weighted by atomic mass is 16.5. The zero-order valence-corrected chi connectivity index (χ0v) is 10.4. The zero-order valence-electron chi connectivity index (χ0n) is 10.4. The summed E-state index contributed by atoms with van der Waals surface area (Å²) in [6.45, 7) is 0. The van der Waals surface area contributed by atoms with Crippen LogP contribution >= 0.6 is 0 Å². The van der Waals surface area contributed by atoms with Gasteiger partial charge in [-0.3, -0.25) is 4.98 Å². The van der Waals surface area contributed by atoms with E-state index in [0.717, 1.165) is 5.56 Å². The number of phenolic OH excluding ortho intramolecular Hbond substituents is 1. The minimum absolute atomic E-state index is 0.0829. The molecule has 0 amide bonds. The molecule has 0 spiro atoms. The Bertz CT molecular complexity index is 733. The lowest BCUT2D eigenvalue weighted by atomic mass is 9.84. The van der Waals surface area contributed by atoms with Gasteiger partial charge in [-0.05, 0) is 29.8 Å². The van der Waals surface area contributed by atoms with Crippen LogP contribution in [-0.2, 0) is 0 Å². The van der Waals surface area contributed by atoms with Gasteiger partial charge in [-0.1, -0.05) is 6.07 Å². The van der Waals surface area contributed by atoms with Crippen molar-refractivity contribution < 1.29 is 9.84 Å². The molecule has 5 nitrogen and oxygen atoms in total. The lowest BCUT2D eigenvalue weighted by Crippen LogP contribution is -2.21. The van der Waals surface area contributed by atoms with Gasteiger partial charge in [0.15, 0.2) is 0 Å². The predicted octanol–water partition coefficient (Wildman–Crippen LogP) is 2.01. The minimum Gasteiger partial charge on any atom is -0.508 e. The molecule has 3 N–H and O–H groups in total. The number of hydrogen-bond donors (Lipinski definition) is 2. The third kappa shape index (κ3) is 1.84. The third-order valence-electron chi connectivity index (χ3n) is 3.22. The van der Waals surface area contributed by atoms with Gasteiger partial charge in [0.05, 0.1) is 5.92 Å². The predicted molar refractivity (Wildman–Crippen MR) is 71.6 cm³/mol. The monoisotopic (exact) mass is 265 g/mol. The molecule has 0 radical (unpaired) electrons. The Labute approximate surface area is 115 Å². The Morgan fingerprint density at radius 1 is 1.35 bits per heavy atom. The van der Waals surface area contributed by atoms with Crippen LogP contribution in [-0.4, -0.2) is 10.1 Å². The summed E-state index contributed by atoms with van der Waals surface area (Å²) in [6, 6.07) is 10.5. The molecule has 0 bridgehead atoms. The number of pyridine rings is 1. The molecule has 98 valence electrons. The summed E-state index contributed by atoms with van der Waals surface area (Å²) >= 11 is 0. The van der Waals surface area contributed by atoms with E-state index in [1.165, 1.54) is 6.07 Å². The molecule has 0 saturated carbocycles. The molecule has 1 aliphatic rings. The van der Waals surface area contributed by atoms with Gasteiger partial charge >= 0.3 is 0 Å². The second kappa shape index (κ2) is 4.59. The van der Waals surface area contributed by atoms with E-state index in [1.807, 2.05) is 6.07 Å². The van der Waals surface area contributed by atoms with Gasteiger partial charge < -0.3 is 15.6 Å². The quantitative estimate of drug-likeness (QED) is 0.822. The molecule has 5 heteroatoms. The largest absolute Gasteiger partial charge is 0.508 e. The number of phenols is 1. The standard InChI is InChI=1S/C15H11N3O2/c16-7-12-14(9-2-1-5-18-8-9)11-6-10(19)3-4-13(11)20-15(12)17/h1-6,8,14,19H,17H2/t14-/m0/s1. The van der Waals surface area contributed by atoms with Crippen molar-refractivity contribution >= 4 is 0 Å². The number of allylic oxidation sites excluding steroid dienone is 1. The molecule has 0 aliphatic carbocycles. The fraction of sp³-hybridized carbons (Fsp3) is 0.0667. The van der Waals surface area contributed by atoms with Gasteiger partial charge in [0.25, 0.3) is 0 Å². The van der Waals surface area contributed by atoms with Crippen LogP contribution in [0.15, 0.2) is 54.2 Å². The van der Waals surface area contributed by atoms with E-state index in [0.29, 0.717) is 16.9 Å². The van der Waals surface area contributed by atoms with Crippen molar-refractivity contribution in [2.45, 2.75) is 5.92 Å². The number of fused-ring (bicyclic) bond motifs is 1. The molecule has 2 aromatic rings. The third-order valence-corrected chi connectivity index (χ3v) is 3.22. The van der Waals surface area contributed by atoms with Crippen LogP contribution in [0.3, 0.4) is 0 Å². The number of nitrogens with zero attached hydrogens (tertiary/aromatic N) is 2. The molecule has 1 atom stereocenters. The van der Waals surface area contributed by atoms with Gasteiger partial charge in [-0.15, -0.1) is 0 Å². The maximum Gasteiger partial charge on any atom is 0.205 e. The summed E-state index contributed by atoms with van der Waals surface area (Å²) in [5, 5.41) is 19.0. The van der Waals surface area contributed by atoms with Gasteiger partial charge in [0.2, 0.25) is 5.88 Å². The number of aromatic hydroxyl groups is 1. The SMILES string of the molecule is N#CC1=C(N)Oc2ccc(O)cc2[C@@H]1c1cccnc1. The van der Waals surface area contributed by atoms with E-state index in [-0.39, 0.29) is 17.6 Å². The molecule has 1 aromatic heterocycles. The maximum absolute atomic E-state index is 9.68. The summed E-state index contributed by atoms with van der Waals surface area (Å²) in [7, 11) is 0. The van der Waals surface area contributed by atoms with E-state index < -0.39 is 0 Å². The highest BCUT2D eigenvalue weighted by Gasteiger charge is 2.30. The Morgan fingerprint density at radius 3 is 2.90 bits per heavy atom. The van der Waals surface area contributed by atoms with Crippen molar-refractivity contribution in [3.05, 3.63) is 65.3 Å². The molecular weight excluding hydrogens is 254 g/mol. The number of aromatic nitrogens is 1. The summed E-state index contributed by atoms with van der Waals surface area (Å²) in [5.41, 5.74) is 7.66. The van der Waals surface area contributed by atoms with Crippen molar-refractivity contribution in [1.82, 2.24) is 4.98 Å². The van der Waals surface area contributed by atoms with E-state index in [4.69, 9.17) is 10.5 Å². The summed E-state index contributed by atoms with van der Waals surface area (Å²) in [4.78, 5) is 4.07. The van der Waals surface area contributed by atoms with E-state index in [9.17, 15) is 10.4 Å². The van der Waals surface area contributed by atoms with Crippen molar-refractivity contribution in [3.63, 3.8) is 0 Å². The number of hydrogen-bond acceptors (Lipinski definition) is 5. The molecule has 0 fully saturated rings. The first-order chi connectivity index (χ1) is 9.70. The number of rotatable bonds is 1. The normalized spacial score (nSPS) is 17.1. The molecule has 0 unspecified atom stereocenters. The van der Waals surface area contributed by atoms with E-state index in [2.05, 4.69) is 11.1 Å². The summed E-state index contributed by atoms with van der Waals surface area (Å²) in [5.74, 6) is 0.344. The second-order valence-corrected chi connectivity index (χ2v) is 4.43. The Balaban J connectivity index is 2.24. The molecule has 3 rings (SSSR count). The van der Waals surface area contributed by atoms with E-state index >= 15 is 0 Å². The molecule has 0 saturated heterocycles. The van der Waals surface area contributed by atoms with Gasteiger partial charge in [-0.25, -0.2) is 0 Å². The van der Waals surface area contributed by atoms with Crippen molar-refractivity contribution in [3.8, 4) is 17.6 Å². The number of nitrogens with two attached hydrogens (primary N) is 1. The highest BCUT2D eigenvalue weighted by Crippen LogP contribution is 2.42. The van der Waals surface area contributed by atoms with Gasteiger partial charge in [0.1, 0.15) is 23.1 Å². The first kappa shape index (κ1) is 12.1. The van der Waals surface area contributed by atoms with Crippen LogP contribution in [0, 0.1) is 11.3 Å². The van der Waals surface area contributed by atoms with Crippen LogP contribution < -0.4 is 10.5 Å². The highest BCUT2D eigenvalue weighted by molar-refractivity contribution is 5.56. The minimum atomic E-state index is -0.385. The maximum atomic E-state index is 9.68. The number of benzene rings is 1. The molecular formula is C15H11N3O2. The van der Waals surface area contributed by atoms with E-state index in [1.54, 1.807) is 30.6 Å². The van der Waals surface area contributed by atoms with Crippen LogP contribution in [0.5, 0.6) is 11.5 Å². The fourth-order valence-electron chi connectivity index (χ4n) is 2.34. The van der Waals surface area contributed by atoms with Crippen LogP contribution in [0.4, 0.5) is 0 Å². The Kier molecular flexibility index (Phi) is 2.77. The Hall–Kier alpha value is -3.00. The second-order valence-electron chi connectivity index (χ2n) is 4.43. The molecule has 1 aliphatic heterocycles. The fourth-order valence-corrected chi connectivity index (χ4v) is 2.34. The zero-order chi connectivity index (χ0) is 14.1. The van der Waals surface area contributed by atoms with Gasteiger partial charge in [0, 0.05) is 18.0 Å². The molecule has 20 heavy (non-hydrogen) atoms. The van der Waals surface area contributed by atoms with Crippen LogP contribution in [0.1, 0.15) is 17.0 Å². The smallest absolute Gasteiger partial charge is 0.205 e. The van der Waals surface area contributed by atoms with Crippen LogP contribution in [0.25, 0.3) is 0 Å². The Morgan fingerprint density at radius 2 is 2.20 bits per heavy atom. The lowest BCUT2D eigenvalue weighted by molar-refractivity contribution is 0.391. The first-order valence-electron chi connectivity index (χ1n) is 6.01. The molecule has 1 aromatic carbocycles. The average molecular weight is 265 g/mol. The van der Waals surface area contributed by atoms with Crippen molar-refractivity contribution in [1.29, 1.82) is 5.26 Å². The van der Waals surface area contributed by atoms with Crippen LogP contribution in [0.2, 0.25) is 0 Å². The first-order valence-corrected chi connectivity index (χ1v) is 6.01. The summed E-state index contributed by atoms with van der Waals surface area (Å²) < 4.78 is 5.45. The molecule has 2 heterocycles.